The van der Waals surface area contributed by atoms with Crippen molar-refractivity contribution in [2.45, 2.75) is 27.2 Å². The van der Waals surface area contributed by atoms with E-state index in [1.165, 1.54) is 4.68 Å². The van der Waals surface area contributed by atoms with Crippen LogP contribution in [0.4, 0.5) is 5.69 Å². The van der Waals surface area contributed by atoms with E-state index >= 15 is 0 Å². The first-order valence-corrected chi connectivity index (χ1v) is 7.84. The fraction of sp³-hybridized carbons (Fsp3) is 0.389. The van der Waals surface area contributed by atoms with Gasteiger partial charge in [-0.05, 0) is 43.4 Å². The zero-order valence-electron chi connectivity index (χ0n) is 14.0. The first-order valence-electron chi connectivity index (χ1n) is 7.84. The molecule has 1 aliphatic rings. The lowest BCUT2D eigenvalue weighted by atomic mass is 9.93. The molecule has 3 rings (SSSR count). The fourth-order valence-corrected chi connectivity index (χ4v) is 3.22. The number of nitrogens with zero attached hydrogens (tertiary/aromatic N) is 3. The van der Waals surface area contributed by atoms with Crippen LogP contribution in [-0.4, -0.2) is 22.2 Å². The molecule has 1 aromatic heterocycles. The molecule has 0 saturated heterocycles. The largest absolute Gasteiger partial charge is 0.308 e. The van der Waals surface area contributed by atoms with Gasteiger partial charge in [-0.1, -0.05) is 25.1 Å². The molecule has 0 aliphatic carbocycles. The summed E-state index contributed by atoms with van der Waals surface area (Å²) in [5.74, 6) is 0.133. The van der Waals surface area contributed by atoms with Crippen LogP contribution in [0.3, 0.4) is 0 Å². The second-order valence-corrected chi connectivity index (χ2v) is 6.37. The van der Waals surface area contributed by atoms with Gasteiger partial charge in [0.1, 0.15) is 5.56 Å². The van der Waals surface area contributed by atoms with E-state index in [9.17, 15) is 9.59 Å². The zero-order chi connectivity index (χ0) is 16.7. The van der Waals surface area contributed by atoms with Crippen molar-refractivity contribution >= 4 is 11.6 Å². The Morgan fingerprint density at radius 1 is 1.26 bits per heavy atom. The molecule has 1 aliphatic heterocycles. The van der Waals surface area contributed by atoms with Gasteiger partial charge in [0.15, 0.2) is 0 Å². The lowest BCUT2D eigenvalue weighted by molar-refractivity contribution is 0.0978. The van der Waals surface area contributed by atoms with Gasteiger partial charge < -0.3 is 4.90 Å². The smallest absolute Gasteiger partial charge is 0.279 e. The number of para-hydroxylation sites is 1. The summed E-state index contributed by atoms with van der Waals surface area (Å²) in [5.41, 5.74) is 3.31. The summed E-state index contributed by atoms with van der Waals surface area (Å²) in [4.78, 5) is 27.4. The van der Waals surface area contributed by atoms with E-state index in [2.05, 4.69) is 12.0 Å². The van der Waals surface area contributed by atoms with Crippen molar-refractivity contribution < 1.29 is 4.79 Å². The molecule has 1 amide bonds. The second kappa shape index (κ2) is 5.65. The highest BCUT2D eigenvalue weighted by Gasteiger charge is 2.30. The van der Waals surface area contributed by atoms with Crippen LogP contribution in [0.25, 0.3) is 0 Å². The summed E-state index contributed by atoms with van der Waals surface area (Å²) in [7, 11) is 1.58. The molecule has 5 nitrogen and oxygen atoms in total. The minimum absolute atomic E-state index is 0.226. The summed E-state index contributed by atoms with van der Waals surface area (Å²) in [6.45, 7) is 6.35. The third-order valence-electron chi connectivity index (χ3n) is 4.53. The Morgan fingerprint density at radius 2 is 1.96 bits per heavy atom. The van der Waals surface area contributed by atoms with E-state index in [4.69, 9.17) is 0 Å². The maximum absolute atomic E-state index is 13.1. The number of hydrogen-bond acceptors (Lipinski definition) is 3. The van der Waals surface area contributed by atoms with E-state index in [0.717, 1.165) is 17.7 Å². The quantitative estimate of drug-likeness (QED) is 0.811. The first kappa shape index (κ1) is 15.5. The van der Waals surface area contributed by atoms with Crippen LogP contribution >= 0.6 is 0 Å². The maximum Gasteiger partial charge on any atom is 0.279 e. The van der Waals surface area contributed by atoms with E-state index in [-0.39, 0.29) is 17.0 Å². The first-order chi connectivity index (χ1) is 10.9. The van der Waals surface area contributed by atoms with Crippen LogP contribution in [0.5, 0.6) is 0 Å². The monoisotopic (exact) mass is 311 g/mol. The summed E-state index contributed by atoms with van der Waals surface area (Å²) in [5, 5.41) is 4.15. The van der Waals surface area contributed by atoms with Gasteiger partial charge in [-0.15, -0.1) is 0 Å². The van der Waals surface area contributed by atoms with Crippen LogP contribution in [0, 0.1) is 19.8 Å². The third kappa shape index (κ3) is 2.56. The number of amides is 1. The number of benzene rings is 1. The third-order valence-corrected chi connectivity index (χ3v) is 4.53. The standard InChI is InChI=1S/C18H21N3O2/c1-11-9-14-7-5-6-8-15(14)21(10-11)18(23)16-12(2)13(3)19-20(4)17(16)22/h5-8,11H,9-10H2,1-4H3/t11-/m0/s1. The number of fused-ring (bicyclic) bond motifs is 1. The van der Waals surface area contributed by atoms with Crippen LogP contribution < -0.4 is 10.5 Å². The molecule has 2 aromatic rings. The van der Waals surface area contributed by atoms with Crippen molar-refractivity contribution in [1.29, 1.82) is 0 Å². The highest BCUT2D eigenvalue weighted by Crippen LogP contribution is 2.30. The molecule has 23 heavy (non-hydrogen) atoms. The molecule has 0 N–H and O–H groups in total. The number of carbonyl (C=O) groups is 1. The Balaban J connectivity index is 2.14. The number of carbonyl (C=O) groups excluding carboxylic acids is 1. The maximum atomic E-state index is 13.1. The van der Waals surface area contributed by atoms with E-state index < -0.39 is 0 Å². The molecule has 120 valence electrons. The van der Waals surface area contributed by atoms with Crippen LogP contribution in [0.1, 0.15) is 34.1 Å². The van der Waals surface area contributed by atoms with Gasteiger partial charge >= 0.3 is 0 Å². The molecule has 2 heterocycles. The van der Waals surface area contributed by atoms with Crippen molar-refractivity contribution in [1.82, 2.24) is 9.78 Å². The number of aromatic nitrogens is 2. The fourth-order valence-electron chi connectivity index (χ4n) is 3.22. The Hall–Kier alpha value is -2.43. The Labute approximate surface area is 135 Å². The molecule has 0 radical (unpaired) electrons. The lowest BCUT2D eigenvalue weighted by Crippen LogP contribution is -2.43. The lowest BCUT2D eigenvalue weighted by Gasteiger charge is -2.33. The van der Waals surface area contributed by atoms with Gasteiger partial charge in [0, 0.05) is 19.3 Å². The van der Waals surface area contributed by atoms with Gasteiger partial charge in [-0.2, -0.15) is 5.10 Å². The number of rotatable bonds is 1. The second-order valence-electron chi connectivity index (χ2n) is 6.37. The topological polar surface area (TPSA) is 55.2 Å². The Morgan fingerprint density at radius 3 is 2.70 bits per heavy atom. The molecular weight excluding hydrogens is 290 g/mol. The molecule has 0 fully saturated rings. The predicted octanol–water partition coefficient (Wildman–Crippen LogP) is 2.24. The molecule has 5 heteroatoms. The molecule has 0 saturated carbocycles. The normalized spacial score (nSPS) is 17.0. The molecule has 1 atom stereocenters. The van der Waals surface area contributed by atoms with Gasteiger partial charge in [-0.25, -0.2) is 4.68 Å². The van der Waals surface area contributed by atoms with E-state index in [1.807, 2.05) is 31.2 Å². The van der Waals surface area contributed by atoms with Crippen molar-refractivity contribution in [2.24, 2.45) is 13.0 Å². The average Bonchev–Trinajstić information content (AvgIpc) is 2.52. The van der Waals surface area contributed by atoms with Gasteiger partial charge in [-0.3, -0.25) is 9.59 Å². The summed E-state index contributed by atoms with van der Waals surface area (Å²) in [6.07, 6.45) is 0.951. The summed E-state index contributed by atoms with van der Waals surface area (Å²) < 4.78 is 1.24. The Bertz CT molecular complexity index is 839. The molecule has 0 unspecified atom stereocenters. The molecule has 1 aromatic carbocycles. The molecule has 0 spiro atoms. The van der Waals surface area contributed by atoms with E-state index in [1.54, 1.807) is 18.9 Å². The average molecular weight is 311 g/mol. The minimum Gasteiger partial charge on any atom is -0.308 e. The zero-order valence-corrected chi connectivity index (χ0v) is 14.0. The van der Waals surface area contributed by atoms with Gasteiger partial charge in [0.25, 0.3) is 11.5 Å². The number of hydrogen-bond donors (Lipinski definition) is 0. The van der Waals surface area contributed by atoms with Crippen molar-refractivity contribution in [3.8, 4) is 0 Å². The van der Waals surface area contributed by atoms with Gasteiger partial charge in [0.05, 0.1) is 5.69 Å². The molecular formula is C18H21N3O2. The van der Waals surface area contributed by atoms with Crippen molar-refractivity contribution in [3.63, 3.8) is 0 Å². The Kier molecular flexibility index (Phi) is 3.80. The van der Waals surface area contributed by atoms with Crippen molar-refractivity contribution in [2.75, 3.05) is 11.4 Å². The van der Waals surface area contributed by atoms with Crippen molar-refractivity contribution in [3.05, 3.63) is 57.0 Å². The number of anilines is 1. The van der Waals surface area contributed by atoms with Crippen LogP contribution in [0.15, 0.2) is 29.1 Å². The molecule has 0 bridgehead atoms. The van der Waals surface area contributed by atoms with Crippen LogP contribution in [0.2, 0.25) is 0 Å². The summed E-state index contributed by atoms with van der Waals surface area (Å²) in [6, 6.07) is 7.92. The highest BCUT2D eigenvalue weighted by molar-refractivity contribution is 6.07. The SMILES string of the molecule is Cc1nn(C)c(=O)c(C(=O)N2C[C@@H](C)Cc3ccccc32)c1C. The van der Waals surface area contributed by atoms with Crippen LogP contribution in [-0.2, 0) is 13.5 Å². The summed E-state index contributed by atoms with van der Waals surface area (Å²) >= 11 is 0. The minimum atomic E-state index is -0.339. The predicted molar refractivity (Wildman–Crippen MR) is 89.9 cm³/mol. The van der Waals surface area contributed by atoms with E-state index in [0.29, 0.717) is 23.7 Å². The number of aryl methyl sites for hydroxylation is 2. The highest BCUT2D eigenvalue weighted by atomic mass is 16.2. The van der Waals surface area contributed by atoms with Gasteiger partial charge in [0.2, 0.25) is 0 Å².